The Balaban J connectivity index is 1.82. The van der Waals surface area contributed by atoms with Crippen LogP contribution in [0.15, 0.2) is 12.1 Å². The minimum absolute atomic E-state index is 0.175. The summed E-state index contributed by atoms with van der Waals surface area (Å²) in [7, 11) is 0. The van der Waals surface area contributed by atoms with Crippen LogP contribution < -0.4 is 10.6 Å². The van der Waals surface area contributed by atoms with E-state index in [0.717, 1.165) is 32.4 Å². The summed E-state index contributed by atoms with van der Waals surface area (Å²) in [4.78, 5) is 12.0. The zero-order chi connectivity index (χ0) is 15.1. The highest BCUT2D eigenvalue weighted by Gasteiger charge is 2.27. The zero-order valence-corrected chi connectivity index (χ0v) is 12.8. The Hall–Kier alpha value is -1.69. The first-order valence-corrected chi connectivity index (χ1v) is 7.72. The van der Waals surface area contributed by atoms with Crippen LogP contribution in [-0.2, 0) is 4.74 Å². The molecule has 6 nitrogen and oxygen atoms in total. The van der Waals surface area contributed by atoms with Gasteiger partial charge in [0.25, 0.3) is 5.91 Å². The molecule has 2 unspecified atom stereocenters. The van der Waals surface area contributed by atoms with Crippen molar-refractivity contribution >= 4 is 11.7 Å². The molecule has 116 valence electrons. The van der Waals surface area contributed by atoms with Gasteiger partial charge in [-0.2, -0.15) is 0 Å². The van der Waals surface area contributed by atoms with Crippen LogP contribution in [0.5, 0.6) is 0 Å². The number of rotatable bonds is 7. The van der Waals surface area contributed by atoms with Crippen LogP contribution in [0.2, 0.25) is 0 Å². The Morgan fingerprint density at radius 1 is 1.38 bits per heavy atom. The second-order valence-electron chi connectivity index (χ2n) is 5.31. The van der Waals surface area contributed by atoms with Gasteiger partial charge < -0.3 is 15.4 Å². The quantitative estimate of drug-likeness (QED) is 0.802. The molecular weight excluding hydrogens is 268 g/mol. The molecule has 2 N–H and O–H groups in total. The first-order chi connectivity index (χ1) is 10.2. The number of aromatic nitrogens is 2. The summed E-state index contributed by atoms with van der Waals surface area (Å²) in [6, 6.07) is 3.48. The van der Waals surface area contributed by atoms with E-state index >= 15 is 0 Å². The first kappa shape index (κ1) is 15.7. The standard InChI is InChI=1S/C15H24N4O2/c1-3-8-16-14-6-5-12(18-19-14)15(20)17-10-11-7-9-21-13(11)4-2/h5-6,11,13H,3-4,7-10H2,1-2H3,(H,16,19)(H,17,20). The van der Waals surface area contributed by atoms with Crippen molar-refractivity contribution in [3.8, 4) is 0 Å². The molecule has 0 saturated carbocycles. The van der Waals surface area contributed by atoms with E-state index in [2.05, 4.69) is 34.7 Å². The van der Waals surface area contributed by atoms with Crippen LogP contribution in [0.1, 0.15) is 43.6 Å². The minimum atomic E-state index is -0.175. The summed E-state index contributed by atoms with van der Waals surface area (Å²) in [5, 5.41) is 14.0. The lowest BCUT2D eigenvalue weighted by molar-refractivity contribution is 0.0824. The summed E-state index contributed by atoms with van der Waals surface area (Å²) in [6.45, 7) is 6.46. The molecule has 1 amide bonds. The van der Waals surface area contributed by atoms with E-state index in [1.807, 2.05) is 0 Å². The van der Waals surface area contributed by atoms with E-state index < -0.39 is 0 Å². The predicted octanol–water partition coefficient (Wildman–Crippen LogP) is 1.84. The second kappa shape index (κ2) is 7.93. The zero-order valence-electron chi connectivity index (χ0n) is 12.8. The molecule has 0 aromatic carbocycles. The van der Waals surface area contributed by atoms with Gasteiger partial charge in [-0.15, -0.1) is 10.2 Å². The molecule has 0 bridgehead atoms. The molecule has 1 aliphatic rings. The third-order valence-electron chi connectivity index (χ3n) is 3.73. The number of anilines is 1. The van der Waals surface area contributed by atoms with Gasteiger partial charge in [0.1, 0.15) is 5.82 Å². The number of carbonyl (C=O) groups is 1. The molecule has 6 heteroatoms. The number of hydrogen-bond acceptors (Lipinski definition) is 5. The lowest BCUT2D eigenvalue weighted by Gasteiger charge is -2.16. The van der Waals surface area contributed by atoms with Gasteiger partial charge in [0.05, 0.1) is 6.10 Å². The molecule has 0 radical (unpaired) electrons. The number of nitrogens with one attached hydrogen (secondary N) is 2. The van der Waals surface area contributed by atoms with Crippen LogP contribution >= 0.6 is 0 Å². The van der Waals surface area contributed by atoms with Crippen LogP contribution in [-0.4, -0.2) is 41.9 Å². The number of nitrogens with zero attached hydrogens (tertiary/aromatic N) is 2. The highest BCUT2D eigenvalue weighted by molar-refractivity contribution is 5.92. The van der Waals surface area contributed by atoms with Crippen molar-refractivity contribution in [3.63, 3.8) is 0 Å². The summed E-state index contributed by atoms with van der Waals surface area (Å²) in [5.74, 6) is 0.923. The fraction of sp³-hybridized carbons (Fsp3) is 0.667. The maximum atomic E-state index is 12.0. The van der Waals surface area contributed by atoms with E-state index in [-0.39, 0.29) is 12.0 Å². The number of ether oxygens (including phenoxy) is 1. The summed E-state index contributed by atoms with van der Waals surface area (Å²) < 4.78 is 5.62. The third kappa shape index (κ3) is 4.39. The Morgan fingerprint density at radius 3 is 2.90 bits per heavy atom. The second-order valence-corrected chi connectivity index (χ2v) is 5.31. The number of amides is 1. The lowest BCUT2D eigenvalue weighted by Crippen LogP contribution is -2.33. The lowest BCUT2D eigenvalue weighted by atomic mass is 10.00. The highest BCUT2D eigenvalue weighted by Crippen LogP contribution is 2.22. The number of hydrogen-bond donors (Lipinski definition) is 2. The van der Waals surface area contributed by atoms with E-state index in [9.17, 15) is 4.79 Å². The largest absolute Gasteiger partial charge is 0.378 e. The van der Waals surface area contributed by atoms with Crippen molar-refractivity contribution < 1.29 is 9.53 Å². The van der Waals surface area contributed by atoms with Gasteiger partial charge in [-0.1, -0.05) is 13.8 Å². The molecule has 0 aliphatic carbocycles. The molecular formula is C15H24N4O2. The highest BCUT2D eigenvalue weighted by atomic mass is 16.5. The van der Waals surface area contributed by atoms with Crippen molar-refractivity contribution in [2.75, 3.05) is 25.0 Å². The molecule has 1 aromatic heterocycles. The molecule has 0 spiro atoms. The smallest absolute Gasteiger partial charge is 0.271 e. The number of carbonyl (C=O) groups excluding carboxylic acids is 1. The van der Waals surface area contributed by atoms with Crippen molar-refractivity contribution in [3.05, 3.63) is 17.8 Å². The van der Waals surface area contributed by atoms with Gasteiger partial charge >= 0.3 is 0 Å². The average molecular weight is 292 g/mol. The van der Waals surface area contributed by atoms with Crippen LogP contribution in [0.25, 0.3) is 0 Å². The Morgan fingerprint density at radius 2 is 2.24 bits per heavy atom. The SMILES string of the molecule is CCCNc1ccc(C(=O)NCC2CCOC2CC)nn1. The van der Waals surface area contributed by atoms with Gasteiger partial charge in [0.15, 0.2) is 5.69 Å². The Labute approximate surface area is 125 Å². The van der Waals surface area contributed by atoms with E-state index in [1.54, 1.807) is 12.1 Å². The van der Waals surface area contributed by atoms with Crippen molar-refractivity contribution in [2.45, 2.75) is 39.2 Å². The summed E-state index contributed by atoms with van der Waals surface area (Å²) >= 11 is 0. The van der Waals surface area contributed by atoms with Gasteiger partial charge in [0.2, 0.25) is 0 Å². The van der Waals surface area contributed by atoms with E-state index in [0.29, 0.717) is 24.0 Å². The fourth-order valence-electron chi connectivity index (χ4n) is 2.49. The molecule has 21 heavy (non-hydrogen) atoms. The van der Waals surface area contributed by atoms with E-state index in [4.69, 9.17) is 4.74 Å². The van der Waals surface area contributed by atoms with Crippen LogP contribution in [0, 0.1) is 5.92 Å². The molecule has 2 heterocycles. The first-order valence-electron chi connectivity index (χ1n) is 7.72. The van der Waals surface area contributed by atoms with Crippen LogP contribution in [0.3, 0.4) is 0 Å². The minimum Gasteiger partial charge on any atom is -0.378 e. The maximum absolute atomic E-state index is 12.0. The average Bonchev–Trinajstić information content (AvgIpc) is 2.98. The van der Waals surface area contributed by atoms with Crippen molar-refractivity contribution in [1.82, 2.24) is 15.5 Å². The third-order valence-corrected chi connectivity index (χ3v) is 3.73. The van der Waals surface area contributed by atoms with Crippen molar-refractivity contribution in [1.29, 1.82) is 0 Å². The van der Waals surface area contributed by atoms with E-state index in [1.165, 1.54) is 0 Å². The van der Waals surface area contributed by atoms with Gasteiger partial charge in [0, 0.05) is 25.6 Å². The Kier molecular flexibility index (Phi) is 5.92. The van der Waals surface area contributed by atoms with Crippen LogP contribution in [0.4, 0.5) is 5.82 Å². The van der Waals surface area contributed by atoms with Gasteiger partial charge in [-0.25, -0.2) is 0 Å². The fourth-order valence-corrected chi connectivity index (χ4v) is 2.49. The molecule has 1 aliphatic heterocycles. The predicted molar refractivity (Wildman–Crippen MR) is 81.3 cm³/mol. The normalized spacial score (nSPS) is 21.2. The molecule has 1 aromatic rings. The Bertz CT molecular complexity index is 449. The molecule has 1 fully saturated rings. The molecule has 1 saturated heterocycles. The topological polar surface area (TPSA) is 76.1 Å². The molecule has 2 rings (SSSR count). The van der Waals surface area contributed by atoms with Gasteiger partial charge in [-0.3, -0.25) is 4.79 Å². The maximum Gasteiger partial charge on any atom is 0.271 e. The monoisotopic (exact) mass is 292 g/mol. The molecule has 2 atom stereocenters. The summed E-state index contributed by atoms with van der Waals surface area (Å²) in [5.41, 5.74) is 0.351. The van der Waals surface area contributed by atoms with Crippen molar-refractivity contribution in [2.24, 2.45) is 5.92 Å². The summed E-state index contributed by atoms with van der Waals surface area (Å²) in [6.07, 6.45) is 3.27. The van der Waals surface area contributed by atoms with Gasteiger partial charge in [-0.05, 0) is 31.4 Å².